The molecule has 104 valence electrons. The molecule has 0 radical (unpaired) electrons. The predicted molar refractivity (Wildman–Crippen MR) is 74.3 cm³/mol. The second-order valence-electron chi connectivity index (χ2n) is 5.32. The van der Waals surface area contributed by atoms with Gasteiger partial charge in [0.25, 0.3) is 0 Å². The predicted octanol–water partition coefficient (Wildman–Crippen LogP) is 1.00. The molecule has 0 saturated carbocycles. The van der Waals surface area contributed by atoms with Crippen LogP contribution in [-0.4, -0.2) is 40.2 Å². The highest BCUT2D eigenvalue weighted by Gasteiger charge is 2.34. The molecule has 1 saturated heterocycles. The molecule has 0 bridgehead atoms. The van der Waals surface area contributed by atoms with Gasteiger partial charge in [-0.3, -0.25) is 0 Å². The van der Waals surface area contributed by atoms with E-state index in [-0.39, 0.29) is 12.1 Å². The van der Waals surface area contributed by atoms with Gasteiger partial charge in [0.05, 0.1) is 24.9 Å². The standard InChI is InChI=1S/C13H16N6O/c1-7-10-11(17-19(16-10)8-5-20-6-8)9-3-4-15-13(14)12(9)18(7)2/h3-4,7-8H,5-6H2,1-2H3,(H2,14,15). The fourth-order valence-electron chi connectivity index (χ4n) is 2.74. The Kier molecular flexibility index (Phi) is 2.29. The third kappa shape index (κ3) is 1.41. The maximum absolute atomic E-state index is 6.03. The van der Waals surface area contributed by atoms with Gasteiger partial charge in [0.1, 0.15) is 23.2 Å². The first-order valence-electron chi connectivity index (χ1n) is 6.69. The van der Waals surface area contributed by atoms with Gasteiger partial charge in [0, 0.05) is 18.8 Å². The maximum Gasteiger partial charge on any atom is 0.147 e. The molecule has 7 heteroatoms. The first-order chi connectivity index (χ1) is 9.66. The summed E-state index contributed by atoms with van der Waals surface area (Å²) < 4.78 is 5.22. The number of hydrogen-bond acceptors (Lipinski definition) is 6. The van der Waals surface area contributed by atoms with Crippen molar-refractivity contribution in [2.45, 2.75) is 19.0 Å². The van der Waals surface area contributed by atoms with Crippen LogP contribution in [0.1, 0.15) is 24.7 Å². The molecule has 0 aromatic carbocycles. The van der Waals surface area contributed by atoms with Gasteiger partial charge in [-0.1, -0.05) is 0 Å². The van der Waals surface area contributed by atoms with Gasteiger partial charge < -0.3 is 15.4 Å². The van der Waals surface area contributed by atoms with Gasteiger partial charge >= 0.3 is 0 Å². The van der Waals surface area contributed by atoms with Crippen molar-refractivity contribution in [1.82, 2.24) is 20.0 Å². The number of nitrogen functional groups attached to an aromatic ring is 1. The number of ether oxygens (including phenoxy) is 1. The molecule has 1 unspecified atom stereocenters. The van der Waals surface area contributed by atoms with Gasteiger partial charge in [-0.2, -0.15) is 15.0 Å². The summed E-state index contributed by atoms with van der Waals surface area (Å²) in [6, 6.07) is 2.32. The second-order valence-corrected chi connectivity index (χ2v) is 5.32. The van der Waals surface area contributed by atoms with Crippen LogP contribution in [0.15, 0.2) is 12.3 Å². The van der Waals surface area contributed by atoms with Crippen LogP contribution in [0.4, 0.5) is 11.5 Å². The van der Waals surface area contributed by atoms with Crippen LogP contribution < -0.4 is 10.6 Å². The van der Waals surface area contributed by atoms with E-state index in [4.69, 9.17) is 10.5 Å². The van der Waals surface area contributed by atoms with E-state index < -0.39 is 0 Å². The molecular formula is C13H16N6O. The normalized spacial score (nSPS) is 21.3. The average molecular weight is 272 g/mol. The minimum atomic E-state index is 0.124. The Morgan fingerprint density at radius 2 is 2.15 bits per heavy atom. The van der Waals surface area contributed by atoms with Gasteiger partial charge in [-0.25, -0.2) is 4.98 Å². The first kappa shape index (κ1) is 11.7. The lowest BCUT2D eigenvalue weighted by molar-refractivity contribution is -0.0349. The van der Waals surface area contributed by atoms with Crippen LogP contribution >= 0.6 is 0 Å². The van der Waals surface area contributed by atoms with E-state index in [0.717, 1.165) is 22.6 Å². The monoisotopic (exact) mass is 272 g/mol. The van der Waals surface area contributed by atoms with E-state index in [1.165, 1.54) is 0 Å². The van der Waals surface area contributed by atoms with Crippen molar-refractivity contribution in [2.24, 2.45) is 0 Å². The summed E-state index contributed by atoms with van der Waals surface area (Å²) >= 11 is 0. The van der Waals surface area contributed by atoms with Crippen molar-refractivity contribution in [2.75, 3.05) is 30.9 Å². The summed E-state index contributed by atoms with van der Waals surface area (Å²) in [5.74, 6) is 0.532. The molecule has 1 fully saturated rings. The third-order valence-corrected chi connectivity index (χ3v) is 4.14. The van der Waals surface area contributed by atoms with Crippen LogP contribution in [0.2, 0.25) is 0 Å². The number of nitrogens with two attached hydrogens (primary N) is 1. The topological polar surface area (TPSA) is 82.1 Å². The molecular weight excluding hydrogens is 256 g/mol. The fraction of sp³-hybridized carbons (Fsp3) is 0.462. The Hall–Kier alpha value is -2.15. The van der Waals surface area contributed by atoms with Gasteiger partial charge in [0.15, 0.2) is 0 Å². The highest BCUT2D eigenvalue weighted by atomic mass is 16.5. The maximum atomic E-state index is 6.03. The molecule has 7 nitrogen and oxygen atoms in total. The van der Waals surface area contributed by atoms with Crippen LogP contribution in [0.3, 0.4) is 0 Å². The Bertz CT molecular complexity index is 677. The molecule has 2 aromatic rings. The number of pyridine rings is 1. The zero-order chi connectivity index (χ0) is 13.9. The van der Waals surface area contributed by atoms with Gasteiger partial charge in [-0.15, -0.1) is 0 Å². The van der Waals surface area contributed by atoms with Crippen LogP contribution in [0, 0.1) is 0 Å². The number of aromatic nitrogens is 4. The summed E-state index contributed by atoms with van der Waals surface area (Å²) in [5, 5.41) is 9.31. The molecule has 20 heavy (non-hydrogen) atoms. The lowest BCUT2D eigenvalue weighted by atomic mass is 9.99. The molecule has 0 amide bonds. The smallest absolute Gasteiger partial charge is 0.147 e. The molecule has 2 N–H and O–H groups in total. The highest BCUT2D eigenvalue weighted by molar-refractivity contribution is 5.87. The van der Waals surface area contributed by atoms with Crippen molar-refractivity contribution in [3.05, 3.63) is 18.0 Å². The fourth-order valence-corrected chi connectivity index (χ4v) is 2.74. The number of hydrogen-bond donors (Lipinski definition) is 1. The Balaban J connectivity index is 1.91. The number of nitrogens with zero attached hydrogens (tertiary/aromatic N) is 5. The minimum absolute atomic E-state index is 0.124. The SMILES string of the molecule is CC1c2nn(C3COC3)nc2-c2ccnc(N)c2N1C. The highest BCUT2D eigenvalue weighted by Crippen LogP contribution is 2.44. The molecule has 4 heterocycles. The molecule has 1 atom stereocenters. The first-order valence-corrected chi connectivity index (χ1v) is 6.69. The van der Waals surface area contributed by atoms with Crippen molar-refractivity contribution >= 4 is 11.5 Å². The zero-order valence-electron chi connectivity index (χ0n) is 11.4. The van der Waals surface area contributed by atoms with E-state index in [9.17, 15) is 0 Å². The minimum Gasteiger partial charge on any atom is -0.382 e. The van der Waals surface area contributed by atoms with E-state index >= 15 is 0 Å². The van der Waals surface area contributed by atoms with Crippen molar-refractivity contribution in [3.63, 3.8) is 0 Å². The van der Waals surface area contributed by atoms with E-state index in [1.54, 1.807) is 11.0 Å². The summed E-state index contributed by atoms with van der Waals surface area (Å²) in [6.45, 7) is 3.47. The summed E-state index contributed by atoms with van der Waals surface area (Å²) in [6.07, 6.45) is 1.72. The molecule has 0 spiro atoms. The number of rotatable bonds is 1. The van der Waals surface area contributed by atoms with Crippen molar-refractivity contribution in [3.8, 4) is 11.3 Å². The van der Waals surface area contributed by atoms with Crippen LogP contribution in [0.5, 0.6) is 0 Å². The average Bonchev–Trinajstić information content (AvgIpc) is 2.78. The molecule has 2 aliphatic rings. The Labute approximate surface area is 116 Å². The lowest BCUT2D eigenvalue weighted by Gasteiger charge is -2.32. The van der Waals surface area contributed by atoms with E-state index in [1.807, 2.05) is 13.1 Å². The Morgan fingerprint density at radius 1 is 1.35 bits per heavy atom. The van der Waals surface area contributed by atoms with Crippen LogP contribution in [0.25, 0.3) is 11.3 Å². The van der Waals surface area contributed by atoms with Crippen LogP contribution in [-0.2, 0) is 4.74 Å². The second kappa shape index (κ2) is 3.92. The van der Waals surface area contributed by atoms with Gasteiger partial charge in [0.2, 0.25) is 0 Å². The molecule has 2 aliphatic heterocycles. The quantitative estimate of drug-likeness (QED) is 0.834. The van der Waals surface area contributed by atoms with Crippen molar-refractivity contribution in [1.29, 1.82) is 0 Å². The lowest BCUT2D eigenvalue weighted by Crippen LogP contribution is -2.32. The van der Waals surface area contributed by atoms with Crippen molar-refractivity contribution < 1.29 is 4.74 Å². The zero-order valence-corrected chi connectivity index (χ0v) is 11.4. The summed E-state index contributed by atoms with van der Waals surface area (Å²) in [5.41, 5.74) is 9.85. The van der Waals surface area contributed by atoms with E-state index in [0.29, 0.717) is 19.0 Å². The van der Waals surface area contributed by atoms with Gasteiger partial charge in [-0.05, 0) is 13.0 Å². The molecule has 0 aliphatic carbocycles. The summed E-state index contributed by atoms with van der Waals surface area (Å²) in [7, 11) is 2.01. The third-order valence-electron chi connectivity index (χ3n) is 4.14. The number of fused-ring (bicyclic) bond motifs is 3. The largest absolute Gasteiger partial charge is 0.382 e. The summed E-state index contributed by atoms with van der Waals surface area (Å²) in [4.78, 5) is 8.07. The molecule has 2 aromatic heterocycles. The Morgan fingerprint density at radius 3 is 2.85 bits per heavy atom. The van der Waals surface area contributed by atoms with E-state index in [2.05, 4.69) is 27.0 Å². The number of anilines is 2. The molecule has 4 rings (SSSR count).